The maximum Gasteiger partial charge on any atom is 0.313 e. The first-order valence-corrected chi connectivity index (χ1v) is 31.3. The average Bonchev–Trinajstić information content (AvgIpc) is 1.62. The second-order valence-corrected chi connectivity index (χ2v) is 24.4. The van der Waals surface area contributed by atoms with E-state index in [1.165, 1.54) is 39.5 Å². The number of allylic oxidation sites excluding steroid dienone is 2. The molecule has 1 aliphatic carbocycles. The maximum absolute atomic E-state index is 11.7. The van der Waals surface area contributed by atoms with Crippen molar-refractivity contribution in [2.75, 3.05) is 19.8 Å². The molecule has 5 rings (SSSR count). The predicted molar refractivity (Wildman–Crippen MR) is 375 cm³/mol. The third kappa shape index (κ3) is 45.1. The van der Waals surface area contributed by atoms with Crippen LogP contribution in [0.1, 0.15) is 215 Å². The number of nitrogens with zero attached hydrogens (tertiary/aromatic N) is 1. The minimum Gasteiger partial charge on any atom is -0.466 e. The van der Waals surface area contributed by atoms with Gasteiger partial charge in [0.1, 0.15) is 25.4 Å². The van der Waals surface area contributed by atoms with Crippen molar-refractivity contribution in [3.63, 3.8) is 0 Å². The van der Waals surface area contributed by atoms with E-state index in [0.717, 1.165) is 24.7 Å². The van der Waals surface area contributed by atoms with E-state index >= 15 is 0 Å². The van der Waals surface area contributed by atoms with Crippen molar-refractivity contribution in [1.82, 2.24) is 0 Å². The largest absolute Gasteiger partial charge is 0.466 e. The molecule has 4 aromatic rings. The number of para-hydroxylation sites is 1. The molecule has 0 N–H and O–H groups in total. The number of hydrogen-bond acceptors (Lipinski definition) is 16. The molecule has 17 heteroatoms. The molecule has 0 radical (unpaired) electrons. The van der Waals surface area contributed by atoms with Gasteiger partial charge in [0.15, 0.2) is 0 Å². The van der Waals surface area contributed by atoms with Crippen LogP contribution >= 0.6 is 0 Å². The van der Waals surface area contributed by atoms with Gasteiger partial charge in [-0.1, -0.05) is 234 Å². The number of hydrogen-bond donors (Lipinski definition) is 0. The molecule has 0 saturated heterocycles. The highest BCUT2D eigenvalue weighted by Crippen LogP contribution is 2.44. The summed E-state index contributed by atoms with van der Waals surface area (Å²) < 4.78 is 34.5. The Labute approximate surface area is 560 Å². The third-order valence-corrected chi connectivity index (χ3v) is 12.1. The number of benzene rings is 4. The van der Waals surface area contributed by atoms with Gasteiger partial charge in [0.25, 0.3) is 5.69 Å². The lowest BCUT2D eigenvalue weighted by Crippen LogP contribution is -2.26. The van der Waals surface area contributed by atoms with Crippen LogP contribution in [-0.2, 0) is 79.9 Å². The Hall–Kier alpha value is -7.95. The van der Waals surface area contributed by atoms with Crippen molar-refractivity contribution in [3.05, 3.63) is 159 Å². The molecule has 4 aromatic carbocycles. The Kier molecular flexibility index (Phi) is 53.0. The molecular formula is C76H119NO16. The zero-order chi connectivity index (χ0) is 70.6. The summed E-state index contributed by atoms with van der Waals surface area (Å²) in [5.41, 5.74) is 8.93. The van der Waals surface area contributed by atoms with Crippen LogP contribution in [0.2, 0.25) is 0 Å². The summed E-state index contributed by atoms with van der Waals surface area (Å²) in [4.78, 5) is 86.9. The van der Waals surface area contributed by atoms with Gasteiger partial charge < -0.3 is 33.2 Å². The van der Waals surface area contributed by atoms with Crippen LogP contribution in [0, 0.1) is 51.5 Å². The molecule has 0 atom stereocenters. The van der Waals surface area contributed by atoms with Crippen LogP contribution < -0.4 is 0 Å². The van der Waals surface area contributed by atoms with Crippen LogP contribution in [0.3, 0.4) is 0 Å². The highest BCUT2D eigenvalue weighted by Gasteiger charge is 2.29. The number of unbranched alkanes of at least 4 members (excludes halogenated alkanes) is 1. The first-order valence-electron chi connectivity index (χ1n) is 31.3. The monoisotopic (exact) mass is 1300 g/mol. The predicted octanol–water partition coefficient (Wildman–Crippen LogP) is 18.8. The van der Waals surface area contributed by atoms with Gasteiger partial charge in [-0.15, -0.1) is 0 Å². The van der Waals surface area contributed by atoms with Crippen LogP contribution in [-0.4, -0.2) is 72.1 Å². The number of nitro groups is 1. The van der Waals surface area contributed by atoms with Gasteiger partial charge in [-0.05, 0) is 95.7 Å². The van der Waals surface area contributed by atoms with Crippen molar-refractivity contribution in [2.45, 2.75) is 212 Å². The Balaban J connectivity index is -0.000000326. The van der Waals surface area contributed by atoms with Gasteiger partial charge in [-0.2, -0.15) is 0 Å². The first-order chi connectivity index (χ1) is 42.4. The van der Waals surface area contributed by atoms with Crippen molar-refractivity contribution in [2.24, 2.45) is 41.4 Å². The quantitative estimate of drug-likeness (QED) is 0.0162. The Morgan fingerprint density at radius 1 is 0.495 bits per heavy atom. The summed E-state index contributed by atoms with van der Waals surface area (Å²) in [6.07, 6.45) is 3.19. The topological polar surface area (TPSA) is 227 Å². The van der Waals surface area contributed by atoms with Gasteiger partial charge in [0, 0.05) is 12.0 Å². The molecule has 0 aromatic heterocycles. The second kappa shape index (κ2) is 52.5. The van der Waals surface area contributed by atoms with E-state index < -0.39 is 4.92 Å². The van der Waals surface area contributed by atoms with Gasteiger partial charge in [-0.3, -0.25) is 43.7 Å². The molecule has 0 bridgehead atoms. The Bertz CT molecular complexity index is 2740. The number of rotatable bonds is 19. The highest BCUT2D eigenvalue weighted by atomic mass is 16.6. The smallest absolute Gasteiger partial charge is 0.313 e. The number of ether oxygens (including phenoxy) is 7. The van der Waals surface area contributed by atoms with Crippen molar-refractivity contribution >= 4 is 47.5 Å². The van der Waals surface area contributed by atoms with Crippen molar-refractivity contribution in [3.8, 4) is 11.1 Å². The molecular weight excluding hydrogens is 1180 g/mol. The minimum absolute atomic E-state index is 0. The second-order valence-electron chi connectivity index (χ2n) is 24.4. The summed E-state index contributed by atoms with van der Waals surface area (Å²) in [7, 11) is 0. The number of fused-ring (bicyclic) bond motifs is 3. The normalized spacial score (nSPS) is 10.4. The van der Waals surface area contributed by atoms with Gasteiger partial charge in [0.05, 0.1) is 71.4 Å². The van der Waals surface area contributed by atoms with E-state index in [2.05, 4.69) is 87.1 Å². The Morgan fingerprint density at radius 3 is 1.20 bits per heavy atom. The van der Waals surface area contributed by atoms with Gasteiger partial charge >= 0.3 is 41.8 Å². The maximum atomic E-state index is 11.7. The number of nitro benzene ring substituents is 1. The molecule has 0 amide bonds. The summed E-state index contributed by atoms with van der Waals surface area (Å²) in [5.74, 6) is -1.50. The van der Waals surface area contributed by atoms with E-state index in [-0.39, 0.29) is 122 Å². The number of esters is 7. The molecule has 0 saturated carbocycles. The summed E-state index contributed by atoms with van der Waals surface area (Å²) in [5, 5.41) is 10.7. The zero-order valence-corrected chi connectivity index (χ0v) is 59.1. The Morgan fingerprint density at radius 2 is 0.860 bits per heavy atom. The van der Waals surface area contributed by atoms with Gasteiger partial charge in [0.2, 0.25) is 0 Å². The zero-order valence-electron chi connectivity index (χ0n) is 59.1. The molecule has 93 heavy (non-hydrogen) atoms. The molecule has 0 spiro atoms. The van der Waals surface area contributed by atoms with E-state index in [4.69, 9.17) is 23.7 Å². The lowest BCUT2D eigenvalue weighted by molar-refractivity contribution is -0.385. The van der Waals surface area contributed by atoms with E-state index in [1.54, 1.807) is 52.8 Å². The van der Waals surface area contributed by atoms with E-state index in [9.17, 15) is 43.7 Å². The third-order valence-electron chi connectivity index (χ3n) is 12.1. The SMILES string of the molecule is C.C.C=COC(=O)C(C)C.CC(C)=C(C)C.CC(C)C(=O)OC(C)(C)C.CC(C)C(=O)OCC1c2ccccc2-c2ccccc21.CC(C)C(=O)OCc1ccccc1.CC(C)C(=O)OCc1ccccc1[N+](=O)[O-].CCCCOC(=O)C(C)C.CCOC(=O)C(C)C. The highest BCUT2D eigenvalue weighted by molar-refractivity contribution is 5.79. The van der Waals surface area contributed by atoms with Crippen molar-refractivity contribution in [1.29, 1.82) is 0 Å². The fourth-order valence-corrected chi connectivity index (χ4v) is 6.22. The average molecular weight is 1300 g/mol. The molecule has 524 valence electrons. The van der Waals surface area contributed by atoms with Crippen LogP contribution in [0.4, 0.5) is 5.69 Å². The fraction of sp³-hybridized carbons (Fsp3) is 0.539. The van der Waals surface area contributed by atoms with Crippen LogP contribution in [0.5, 0.6) is 0 Å². The molecule has 17 nitrogen and oxygen atoms in total. The summed E-state index contributed by atoms with van der Waals surface area (Å²) >= 11 is 0. The number of carbonyl (C=O) groups is 7. The summed E-state index contributed by atoms with van der Waals surface area (Å²) in [6.45, 7) is 48.3. The standard InChI is InChI=1S/C18H18O2.C11H13NO4.C11H14O2.2C8H16O2.C6H12O2.C6H10O2.C6H12.2CH4/c1-12(2)18(19)20-11-17-15-9-5-3-7-13(15)14-8-4-6-10-16(14)17;1-8(2)11(13)16-7-9-5-3-4-6-10(9)12(14)15;1-9(2)11(12)13-8-10-6-4-3-5-7-10;1-6(2)7(9)10-8(3,4)5;1-4-5-6-10-8(9)7(2)3;2*1-4-8-6(7)5(2)3;1-5(2)6(3)4;;/h3-10,12,17H,11H2,1-2H3;3-6,8H,7H2,1-2H3;3-7,9H,8H2,1-2H3;6H,1-5H3;7H,4-6H2,1-3H3;5H,4H2,1-3H3;4-5H,1H2,2-3H3;1-4H3;2*1H4. The lowest BCUT2D eigenvalue weighted by atomic mass is 9.98. The molecule has 0 aliphatic heterocycles. The van der Waals surface area contributed by atoms with E-state index in [0.29, 0.717) is 32.0 Å². The molecule has 0 unspecified atom stereocenters. The first kappa shape index (κ1) is 93.8. The van der Waals surface area contributed by atoms with E-state index in [1.807, 2.05) is 132 Å². The molecule has 1 aliphatic rings. The number of carbonyl (C=O) groups excluding carboxylic acids is 7. The van der Waals surface area contributed by atoms with Crippen LogP contribution in [0.15, 0.2) is 127 Å². The minimum atomic E-state index is -0.488. The summed E-state index contributed by atoms with van der Waals surface area (Å²) in [6, 6.07) is 32.6. The van der Waals surface area contributed by atoms with Gasteiger partial charge in [-0.25, -0.2) is 0 Å². The lowest BCUT2D eigenvalue weighted by Gasteiger charge is -2.20. The van der Waals surface area contributed by atoms with Crippen LogP contribution in [0.25, 0.3) is 11.1 Å². The molecule has 0 fully saturated rings. The van der Waals surface area contributed by atoms with Crippen molar-refractivity contribution < 1.29 is 71.6 Å². The molecule has 0 heterocycles. The fourth-order valence-electron chi connectivity index (χ4n) is 6.22.